The van der Waals surface area contributed by atoms with Crippen LogP contribution in [0.15, 0.2) is 0 Å². The van der Waals surface area contributed by atoms with Crippen LogP contribution in [-0.4, -0.2) is 44.3 Å². The van der Waals surface area contributed by atoms with Crippen molar-refractivity contribution in [3.05, 3.63) is 0 Å². The highest BCUT2D eigenvalue weighted by Crippen LogP contribution is 2.05. The highest BCUT2D eigenvalue weighted by molar-refractivity contribution is 5.85. The maximum atomic E-state index is 5.71. The highest BCUT2D eigenvalue weighted by Gasteiger charge is 2.17. The first-order valence-corrected chi connectivity index (χ1v) is 3.80. The number of halogens is 2. The summed E-state index contributed by atoms with van der Waals surface area (Å²) in [4.78, 5) is 2.34. The van der Waals surface area contributed by atoms with Gasteiger partial charge in [0.05, 0.1) is 6.61 Å². The number of nitrogens with two attached hydrogens (primary N) is 1. The molecule has 0 radical (unpaired) electrons. The second-order valence-electron chi connectivity index (χ2n) is 2.84. The first kappa shape index (κ1) is 15.0. The van der Waals surface area contributed by atoms with E-state index >= 15 is 0 Å². The molecule has 0 amide bonds. The van der Waals surface area contributed by atoms with Crippen molar-refractivity contribution in [3.8, 4) is 0 Å². The van der Waals surface area contributed by atoms with Gasteiger partial charge in [0.2, 0.25) is 0 Å². The topological polar surface area (TPSA) is 38.5 Å². The van der Waals surface area contributed by atoms with Crippen LogP contribution in [0.3, 0.4) is 0 Å². The standard InChI is InChI=1S/C7H16N2O.2ClH/c1-10-5-4-9-3-2-7(8)6-9;;/h7H,2-6,8H2,1H3;2*1H. The average molecular weight is 217 g/mol. The highest BCUT2D eigenvalue weighted by atomic mass is 35.5. The number of ether oxygens (including phenoxy) is 1. The molecule has 1 rings (SSSR count). The maximum absolute atomic E-state index is 5.71. The second-order valence-corrected chi connectivity index (χ2v) is 2.84. The third kappa shape index (κ3) is 5.17. The summed E-state index contributed by atoms with van der Waals surface area (Å²) in [5.74, 6) is 0. The third-order valence-electron chi connectivity index (χ3n) is 1.92. The van der Waals surface area contributed by atoms with Crippen LogP contribution in [0.1, 0.15) is 6.42 Å². The van der Waals surface area contributed by atoms with Crippen LogP contribution in [-0.2, 0) is 4.74 Å². The van der Waals surface area contributed by atoms with Gasteiger partial charge < -0.3 is 10.5 Å². The summed E-state index contributed by atoms with van der Waals surface area (Å²) in [5, 5.41) is 0. The summed E-state index contributed by atoms with van der Waals surface area (Å²) in [6.45, 7) is 4.05. The molecule has 0 bridgehead atoms. The largest absolute Gasteiger partial charge is 0.383 e. The van der Waals surface area contributed by atoms with Crippen molar-refractivity contribution in [3.63, 3.8) is 0 Å². The lowest BCUT2D eigenvalue weighted by Gasteiger charge is -2.13. The summed E-state index contributed by atoms with van der Waals surface area (Å²) in [7, 11) is 1.73. The molecule has 1 fully saturated rings. The Labute approximate surface area is 86.4 Å². The molecule has 0 aliphatic carbocycles. The van der Waals surface area contributed by atoms with E-state index in [-0.39, 0.29) is 24.8 Å². The molecular weight excluding hydrogens is 199 g/mol. The number of hydrogen-bond acceptors (Lipinski definition) is 3. The Kier molecular flexibility index (Phi) is 10.1. The van der Waals surface area contributed by atoms with Crippen molar-refractivity contribution < 1.29 is 4.74 Å². The zero-order chi connectivity index (χ0) is 7.40. The van der Waals surface area contributed by atoms with Gasteiger partial charge in [-0.3, -0.25) is 4.90 Å². The molecule has 3 nitrogen and oxygen atoms in total. The Morgan fingerprint density at radius 1 is 1.50 bits per heavy atom. The van der Waals surface area contributed by atoms with E-state index in [1.165, 1.54) is 0 Å². The monoisotopic (exact) mass is 216 g/mol. The molecule has 1 heterocycles. The number of nitrogens with zero attached hydrogens (tertiary/aromatic N) is 1. The fourth-order valence-corrected chi connectivity index (χ4v) is 1.29. The predicted molar refractivity (Wildman–Crippen MR) is 55.4 cm³/mol. The molecule has 12 heavy (non-hydrogen) atoms. The average Bonchev–Trinajstić information content (AvgIpc) is 2.31. The minimum absolute atomic E-state index is 0. The minimum atomic E-state index is 0. The van der Waals surface area contributed by atoms with Gasteiger partial charge in [-0.05, 0) is 13.0 Å². The lowest BCUT2D eigenvalue weighted by atomic mass is 10.3. The number of likely N-dealkylation sites (tertiary alicyclic amines) is 1. The van der Waals surface area contributed by atoms with Gasteiger partial charge in [0, 0.05) is 26.2 Å². The van der Waals surface area contributed by atoms with Crippen molar-refractivity contribution in [2.45, 2.75) is 12.5 Å². The molecule has 1 aliphatic rings. The van der Waals surface area contributed by atoms with E-state index in [0.717, 1.165) is 32.7 Å². The number of rotatable bonds is 3. The van der Waals surface area contributed by atoms with Crippen LogP contribution < -0.4 is 5.73 Å². The van der Waals surface area contributed by atoms with Gasteiger partial charge in [-0.2, -0.15) is 0 Å². The first-order chi connectivity index (χ1) is 4.83. The van der Waals surface area contributed by atoms with Gasteiger partial charge in [0.15, 0.2) is 0 Å². The van der Waals surface area contributed by atoms with Crippen molar-refractivity contribution in [1.29, 1.82) is 0 Å². The molecule has 0 aromatic rings. The lowest BCUT2D eigenvalue weighted by molar-refractivity contribution is 0.160. The van der Waals surface area contributed by atoms with Gasteiger partial charge >= 0.3 is 0 Å². The van der Waals surface area contributed by atoms with Crippen molar-refractivity contribution in [2.24, 2.45) is 5.73 Å². The van der Waals surface area contributed by atoms with Crippen LogP contribution in [0.5, 0.6) is 0 Å². The molecule has 1 saturated heterocycles. The smallest absolute Gasteiger partial charge is 0.0589 e. The Bertz CT molecular complexity index is 105. The fraction of sp³-hybridized carbons (Fsp3) is 1.00. The predicted octanol–water partition coefficient (Wildman–Crippen LogP) is 0.509. The second kappa shape index (κ2) is 8.08. The molecule has 1 unspecified atom stereocenters. The SMILES string of the molecule is COCCN1CCC(N)C1.Cl.Cl. The summed E-state index contributed by atoms with van der Waals surface area (Å²) in [6, 6.07) is 0.400. The Hall–Kier alpha value is 0.460. The molecule has 76 valence electrons. The Balaban J connectivity index is 0. The molecule has 0 aromatic carbocycles. The van der Waals surface area contributed by atoms with E-state index in [4.69, 9.17) is 10.5 Å². The molecule has 5 heteroatoms. The van der Waals surface area contributed by atoms with Crippen molar-refractivity contribution in [1.82, 2.24) is 4.90 Å². The third-order valence-corrected chi connectivity index (χ3v) is 1.92. The molecule has 1 aliphatic heterocycles. The molecule has 1 atom stereocenters. The van der Waals surface area contributed by atoms with Crippen molar-refractivity contribution >= 4 is 24.8 Å². The van der Waals surface area contributed by atoms with Crippen molar-refractivity contribution in [2.75, 3.05) is 33.4 Å². The van der Waals surface area contributed by atoms with E-state index in [9.17, 15) is 0 Å². The van der Waals surface area contributed by atoms with Crippen LogP contribution in [0, 0.1) is 0 Å². The minimum Gasteiger partial charge on any atom is -0.383 e. The summed E-state index contributed by atoms with van der Waals surface area (Å²) >= 11 is 0. The molecule has 0 aromatic heterocycles. The molecule has 0 spiro atoms. The Morgan fingerprint density at radius 2 is 2.17 bits per heavy atom. The summed E-state index contributed by atoms with van der Waals surface area (Å²) < 4.78 is 4.96. The maximum Gasteiger partial charge on any atom is 0.0589 e. The summed E-state index contributed by atoms with van der Waals surface area (Å²) in [5.41, 5.74) is 5.71. The van der Waals surface area contributed by atoms with E-state index in [1.54, 1.807) is 7.11 Å². The molecular formula is C7H18Cl2N2O. The molecule has 0 saturated carbocycles. The van der Waals surface area contributed by atoms with E-state index in [0.29, 0.717) is 6.04 Å². The van der Waals surface area contributed by atoms with Gasteiger partial charge in [-0.1, -0.05) is 0 Å². The zero-order valence-electron chi connectivity index (χ0n) is 7.36. The lowest BCUT2D eigenvalue weighted by Crippen LogP contribution is -2.28. The van der Waals surface area contributed by atoms with E-state index < -0.39 is 0 Å². The van der Waals surface area contributed by atoms with Crippen LogP contribution in [0.4, 0.5) is 0 Å². The number of methoxy groups -OCH3 is 1. The van der Waals surface area contributed by atoms with Crippen LogP contribution in [0.25, 0.3) is 0 Å². The number of hydrogen-bond donors (Lipinski definition) is 1. The quantitative estimate of drug-likeness (QED) is 0.748. The van der Waals surface area contributed by atoms with E-state index in [1.807, 2.05) is 0 Å². The van der Waals surface area contributed by atoms with Gasteiger partial charge in [0.25, 0.3) is 0 Å². The molecule has 2 N–H and O–H groups in total. The van der Waals surface area contributed by atoms with Crippen LogP contribution >= 0.6 is 24.8 Å². The van der Waals surface area contributed by atoms with Gasteiger partial charge in [0.1, 0.15) is 0 Å². The normalized spacial score (nSPS) is 23.0. The first-order valence-electron chi connectivity index (χ1n) is 3.80. The Morgan fingerprint density at radius 3 is 2.58 bits per heavy atom. The van der Waals surface area contributed by atoms with Gasteiger partial charge in [-0.15, -0.1) is 24.8 Å². The zero-order valence-corrected chi connectivity index (χ0v) is 9.00. The van der Waals surface area contributed by atoms with Gasteiger partial charge in [-0.25, -0.2) is 0 Å². The van der Waals surface area contributed by atoms with Crippen LogP contribution in [0.2, 0.25) is 0 Å². The van der Waals surface area contributed by atoms with E-state index in [2.05, 4.69) is 4.90 Å². The summed E-state index contributed by atoms with van der Waals surface area (Å²) in [6.07, 6.45) is 1.14. The fourth-order valence-electron chi connectivity index (χ4n) is 1.29.